The van der Waals surface area contributed by atoms with Crippen molar-refractivity contribution in [2.24, 2.45) is 0 Å². The number of anilines is 1. The lowest BCUT2D eigenvalue weighted by Gasteiger charge is -1.95. The van der Waals surface area contributed by atoms with Crippen LogP contribution >= 0.6 is 11.3 Å². The van der Waals surface area contributed by atoms with Crippen LogP contribution in [0.2, 0.25) is 0 Å². The van der Waals surface area contributed by atoms with E-state index in [1.54, 1.807) is 18.3 Å². The largest absolute Gasteiger partial charge is 0.336 e. The fourth-order valence-electron chi connectivity index (χ4n) is 0.534. The predicted octanol–water partition coefficient (Wildman–Crippen LogP) is 2.16. The quantitative estimate of drug-likeness (QED) is 0.455. The van der Waals surface area contributed by atoms with Crippen molar-refractivity contribution in [3.05, 3.63) is 17.5 Å². The number of rotatable bonds is 1. The molecule has 0 saturated carbocycles. The minimum absolute atomic E-state index is 0.484. The first-order chi connectivity index (χ1) is 4.29. The molecule has 0 bridgehead atoms. The molecule has 1 aromatic rings. The van der Waals surface area contributed by atoms with Gasteiger partial charge in [-0.15, -0.1) is 11.3 Å². The SMILES string of the molecule is CC(=N)Nc1cccs1. The number of nitrogens with one attached hydrogen (secondary N) is 2. The average Bonchev–Trinajstić information content (AvgIpc) is 2.15. The maximum atomic E-state index is 7.07. The Hall–Kier alpha value is -0.830. The first-order valence-corrected chi connectivity index (χ1v) is 3.52. The second-order valence-electron chi connectivity index (χ2n) is 1.73. The highest BCUT2D eigenvalue weighted by Crippen LogP contribution is 2.14. The van der Waals surface area contributed by atoms with Crippen LogP contribution in [0, 0.1) is 5.41 Å². The van der Waals surface area contributed by atoms with E-state index in [2.05, 4.69) is 5.32 Å². The van der Waals surface area contributed by atoms with Gasteiger partial charge >= 0.3 is 0 Å². The summed E-state index contributed by atoms with van der Waals surface area (Å²) in [6.45, 7) is 1.72. The van der Waals surface area contributed by atoms with E-state index in [0.717, 1.165) is 5.00 Å². The van der Waals surface area contributed by atoms with E-state index in [9.17, 15) is 0 Å². The molecule has 1 aromatic heterocycles. The average molecular weight is 140 g/mol. The van der Waals surface area contributed by atoms with Crippen LogP contribution in [0.1, 0.15) is 6.92 Å². The summed E-state index contributed by atoms with van der Waals surface area (Å²) in [6.07, 6.45) is 0. The summed E-state index contributed by atoms with van der Waals surface area (Å²) in [5.41, 5.74) is 0. The zero-order chi connectivity index (χ0) is 6.69. The predicted molar refractivity (Wildman–Crippen MR) is 41.3 cm³/mol. The van der Waals surface area contributed by atoms with Crippen LogP contribution in [0.4, 0.5) is 5.00 Å². The molecule has 0 radical (unpaired) electrons. The molecule has 0 spiro atoms. The molecule has 9 heavy (non-hydrogen) atoms. The Bertz CT molecular complexity index is 191. The highest BCUT2D eigenvalue weighted by molar-refractivity contribution is 7.14. The number of thiophene rings is 1. The summed E-state index contributed by atoms with van der Waals surface area (Å²) in [7, 11) is 0. The summed E-state index contributed by atoms with van der Waals surface area (Å²) < 4.78 is 0. The summed E-state index contributed by atoms with van der Waals surface area (Å²) in [6, 6.07) is 3.90. The fourth-order valence-corrected chi connectivity index (χ4v) is 1.21. The zero-order valence-electron chi connectivity index (χ0n) is 5.14. The van der Waals surface area contributed by atoms with Crippen LogP contribution < -0.4 is 5.32 Å². The lowest BCUT2D eigenvalue weighted by Crippen LogP contribution is -2.02. The fraction of sp³-hybridized carbons (Fsp3) is 0.167. The minimum atomic E-state index is 0.484. The monoisotopic (exact) mass is 140 g/mol. The van der Waals surface area contributed by atoms with Crippen LogP contribution in [0.3, 0.4) is 0 Å². The molecular formula is C6H8N2S. The van der Waals surface area contributed by atoms with Crippen molar-refractivity contribution in [2.45, 2.75) is 6.92 Å². The van der Waals surface area contributed by atoms with Crippen LogP contribution in [0.5, 0.6) is 0 Å². The normalized spacial score (nSPS) is 9.00. The van der Waals surface area contributed by atoms with E-state index in [0.29, 0.717) is 5.84 Å². The summed E-state index contributed by atoms with van der Waals surface area (Å²) in [5, 5.41) is 13.0. The maximum Gasteiger partial charge on any atom is 0.0950 e. The van der Waals surface area contributed by atoms with Gasteiger partial charge in [-0.25, -0.2) is 0 Å². The molecule has 0 aliphatic rings. The molecule has 1 heterocycles. The maximum absolute atomic E-state index is 7.07. The first-order valence-electron chi connectivity index (χ1n) is 2.65. The topological polar surface area (TPSA) is 35.9 Å². The van der Waals surface area contributed by atoms with Gasteiger partial charge in [-0.05, 0) is 24.4 Å². The van der Waals surface area contributed by atoms with Crippen molar-refractivity contribution in [3.63, 3.8) is 0 Å². The molecule has 0 saturated heterocycles. The van der Waals surface area contributed by atoms with Gasteiger partial charge < -0.3 is 5.32 Å². The van der Waals surface area contributed by atoms with Crippen LogP contribution in [0.15, 0.2) is 17.5 Å². The van der Waals surface area contributed by atoms with Crippen LogP contribution in [0.25, 0.3) is 0 Å². The van der Waals surface area contributed by atoms with Crippen molar-refractivity contribution in [1.29, 1.82) is 5.41 Å². The number of amidine groups is 1. The molecule has 0 atom stereocenters. The molecule has 0 aromatic carbocycles. The molecule has 2 N–H and O–H groups in total. The molecule has 0 unspecified atom stereocenters. The third kappa shape index (κ3) is 1.85. The molecule has 48 valence electrons. The molecule has 0 aliphatic heterocycles. The second-order valence-corrected chi connectivity index (χ2v) is 2.67. The third-order valence-corrected chi connectivity index (χ3v) is 1.62. The lowest BCUT2D eigenvalue weighted by molar-refractivity contribution is 1.46. The Balaban J connectivity index is 2.58. The van der Waals surface area contributed by atoms with E-state index in [1.165, 1.54) is 0 Å². The van der Waals surface area contributed by atoms with Crippen molar-refractivity contribution in [3.8, 4) is 0 Å². The van der Waals surface area contributed by atoms with Gasteiger partial charge in [0.1, 0.15) is 0 Å². The first kappa shape index (κ1) is 6.29. The molecule has 0 fully saturated rings. The van der Waals surface area contributed by atoms with Gasteiger partial charge in [-0.1, -0.05) is 0 Å². The smallest absolute Gasteiger partial charge is 0.0950 e. The van der Waals surface area contributed by atoms with Crippen LogP contribution in [-0.2, 0) is 0 Å². The van der Waals surface area contributed by atoms with E-state index in [1.807, 2.05) is 17.5 Å². The standard InChI is InChI=1S/C6H8N2S/c1-5(7)8-6-3-2-4-9-6/h2-4H,1H3,(H2,7,8). The van der Waals surface area contributed by atoms with E-state index in [4.69, 9.17) is 5.41 Å². The number of hydrogen-bond acceptors (Lipinski definition) is 2. The van der Waals surface area contributed by atoms with Crippen molar-refractivity contribution >= 4 is 22.2 Å². The molecule has 0 aliphatic carbocycles. The van der Waals surface area contributed by atoms with Crippen molar-refractivity contribution in [1.82, 2.24) is 0 Å². The zero-order valence-corrected chi connectivity index (χ0v) is 5.96. The third-order valence-electron chi connectivity index (χ3n) is 0.832. The highest BCUT2D eigenvalue weighted by Gasteiger charge is 1.89. The van der Waals surface area contributed by atoms with Crippen molar-refractivity contribution in [2.75, 3.05) is 5.32 Å². The Labute approximate surface area is 58.0 Å². The molecule has 1 rings (SSSR count). The Morgan fingerprint density at radius 3 is 3.00 bits per heavy atom. The van der Waals surface area contributed by atoms with Crippen LogP contribution in [-0.4, -0.2) is 5.84 Å². The minimum Gasteiger partial charge on any atom is -0.336 e. The summed E-state index contributed by atoms with van der Waals surface area (Å²) >= 11 is 1.60. The van der Waals surface area contributed by atoms with E-state index < -0.39 is 0 Å². The summed E-state index contributed by atoms with van der Waals surface area (Å²) in [5.74, 6) is 0.484. The Morgan fingerprint density at radius 1 is 1.78 bits per heavy atom. The van der Waals surface area contributed by atoms with Gasteiger partial charge in [0.25, 0.3) is 0 Å². The molecule has 2 nitrogen and oxygen atoms in total. The van der Waals surface area contributed by atoms with Crippen molar-refractivity contribution < 1.29 is 0 Å². The molecule has 3 heteroatoms. The van der Waals surface area contributed by atoms with Gasteiger partial charge in [0.2, 0.25) is 0 Å². The lowest BCUT2D eigenvalue weighted by atomic mass is 10.6. The molecule has 0 amide bonds. The Morgan fingerprint density at radius 2 is 2.56 bits per heavy atom. The van der Waals surface area contributed by atoms with Gasteiger partial charge in [0, 0.05) is 0 Å². The number of hydrogen-bond donors (Lipinski definition) is 2. The molecular weight excluding hydrogens is 132 g/mol. The van der Waals surface area contributed by atoms with Gasteiger partial charge in [0.15, 0.2) is 0 Å². The highest BCUT2D eigenvalue weighted by atomic mass is 32.1. The van der Waals surface area contributed by atoms with Gasteiger partial charge in [-0.2, -0.15) is 0 Å². The van der Waals surface area contributed by atoms with Gasteiger partial charge in [-0.3, -0.25) is 5.41 Å². The Kier molecular flexibility index (Phi) is 1.85. The van der Waals surface area contributed by atoms with E-state index >= 15 is 0 Å². The summed E-state index contributed by atoms with van der Waals surface area (Å²) in [4.78, 5) is 0. The van der Waals surface area contributed by atoms with E-state index in [-0.39, 0.29) is 0 Å². The second kappa shape index (κ2) is 2.64. The van der Waals surface area contributed by atoms with Gasteiger partial charge in [0.05, 0.1) is 10.8 Å².